The minimum atomic E-state index is -2.43. The average Bonchev–Trinajstić information content (AvgIpc) is 2.56. The molecule has 0 N–H and O–H groups in total. The third-order valence-electron chi connectivity index (χ3n) is 2.59. The van der Waals surface area contributed by atoms with Gasteiger partial charge in [-0.1, -0.05) is 13.3 Å². The zero-order valence-corrected chi connectivity index (χ0v) is 9.37. The quantitative estimate of drug-likeness (QED) is 0.779. The second-order valence-electron chi connectivity index (χ2n) is 3.95. The van der Waals surface area contributed by atoms with Crippen LogP contribution in [0.3, 0.4) is 0 Å². The van der Waals surface area contributed by atoms with E-state index in [1.165, 1.54) is 6.07 Å². The van der Waals surface area contributed by atoms with Gasteiger partial charge in [-0.2, -0.15) is 0 Å². The molecule has 2 rings (SSSR count). The SMILES string of the molecule is CCCc1cn2cc(C)nc2cc1C(F)F. The highest BCUT2D eigenvalue weighted by molar-refractivity contribution is 5.46. The van der Waals surface area contributed by atoms with Gasteiger partial charge in [0, 0.05) is 18.0 Å². The standard InChI is InChI=1S/C12H14F2N2/c1-3-4-9-7-16-6-8(2)15-11(16)5-10(9)12(13)14/h5-7,12H,3-4H2,1-2H3. The van der Waals surface area contributed by atoms with E-state index in [4.69, 9.17) is 0 Å². The third-order valence-corrected chi connectivity index (χ3v) is 2.59. The van der Waals surface area contributed by atoms with Crippen LogP contribution in [-0.4, -0.2) is 9.38 Å². The van der Waals surface area contributed by atoms with Gasteiger partial charge in [-0.25, -0.2) is 13.8 Å². The zero-order valence-electron chi connectivity index (χ0n) is 9.37. The van der Waals surface area contributed by atoms with Crippen molar-refractivity contribution in [1.29, 1.82) is 0 Å². The predicted octanol–water partition coefficient (Wildman–Crippen LogP) is 3.53. The molecule has 2 heterocycles. The second kappa shape index (κ2) is 4.20. The summed E-state index contributed by atoms with van der Waals surface area (Å²) < 4.78 is 27.5. The lowest BCUT2D eigenvalue weighted by molar-refractivity contribution is 0.150. The average molecular weight is 224 g/mol. The number of hydrogen-bond acceptors (Lipinski definition) is 1. The molecule has 2 nitrogen and oxygen atoms in total. The molecular weight excluding hydrogens is 210 g/mol. The lowest BCUT2D eigenvalue weighted by atomic mass is 10.1. The lowest BCUT2D eigenvalue weighted by Crippen LogP contribution is -1.98. The molecule has 4 heteroatoms. The van der Waals surface area contributed by atoms with Crippen LogP contribution in [0.1, 0.15) is 36.6 Å². The minimum Gasteiger partial charge on any atom is -0.307 e. The Morgan fingerprint density at radius 1 is 1.38 bits per heavy atom. The van der Waals surface area contributed by atoms with E-state index in [-0.39, 0.29) is 5.56 Å². The molecule has 2 aromatic rings. The number of alkyl halides is 2. The summed E-state index contributed by atoms with van der Waals surface area (Å²) in [5.41, 5.74) is 2.25. The monoisotopic (exact) mass is 224 g/mol. The van der Waals surface area contributed by atoms with E-state index in [2.05, 4.69) is 4.98 Å². The van der Waals surface area contributed by atoms with Crippen LogP contribution in [0.25, 0.3) is 5.65 Å². The van der Waals surface area contributed by atoms with Gasteiger partial charge in [0.05, 0.1) is 5.69 Å². The van der Waals surface area contributed by atoms with Gasteiger partial charge in [0.1, 0.15) is 5.65 Å². The summed E-state index contributed by atoms with van der Waals surface area (Å²) in [7, 11) is 0. The van der Waals surface area contributed by atoms with Gasteiger partial charge in [-0.15, -0.1) is 0 Å². The summed E-state index contributed by atoms with van der Waals surface area (Å²) in [5.74, 6) is 0. The summed E-state index contributed by atoms with van der Waals surface area (Å²) >= 11 is 0. The molecule has 0 saturated heterocycles. The van der Waals surface area contributed by atoms with Crippen molar-refractivity contribution in [3.8, 4) is 0 Å². The first-order chi connectivity index (χ1) is 7.61. The van der Waals surface area contributed by atoms with Gasteiger partial charge in [0.15, 0.2) is 0 Å². The van der Waals surface area contributed by atoms with Crippen LogP contribution in [0.2, 0.25) is 0 Å². The van der Waals surface area contributed by atoms with Crippen molar-refractivity contribution >= 4 is 5.65 Å². The number of aromatic nitrogens is 2. The Morgan fingerprint density at radius 2 is 2.12 bits per heavy atom. The number of fused-ring (bicyclic) bond motifs is 1. The van der Waals surface area contributed by atoms with Crippen molar-refractivity contribution in [2.45, 2.75) is 33.1 Å². The van der Waals surface area contributed by atoms with Crippen molar-refractivity contribution < 1.29 is 8.78 Å². The first kappa shape index (κ1) is 11.0. The molecule has 16 heavy (non-hydrogen) atoms. The molecule has 0 aliphatic heterocycles. The Kier molecular flexibility index (Phi) is 2.90. The fourth-order valence-electron chi connectivity index (χ4n) is 1.90. The minimum absolute atomic E-state index is 0.111. The maximum absolute atomic E-state index is 12.8. The highest BCUT2D eigenvalue weighted by atomic mass is 19.3. The summed E-state index contributed by atoms with van der Waals surface area (Å²) in [4.78, 5) is 4.19. The number of rotatable bonds is 3. The number of halogens is 2. The van der Waals surface area contributed by atoms with E-state index < -0.39 is 6.43 Å². The van der Waals surface area contributed by atoms with E-state index in [1.807, 2.05) is 24.4 Å². The van der Waals surface area contributed by atoms with E-state index >= 15 is 0 Å². The fourth-order valence-corrected chi connectivity index (χ4v) is 1.90. The largest absolute Gasteiger partial charge is 0.307 e. The van der Waals surface area contributed by atoms with Gasteiger partial charge in [0.25, 0.3) is 6.43 Å². The van der Waals surface area contributed by atoms with E-state index in [9.17, 15) is 8.78 Å². The normalized spacial score (nSPS) is 11.6. The summed E-state index contributed by atoms with van der Waals surface area (Å²) in [6.45, 7) is 3.84. The van der Waals surface area contributed by atoms with Gasteiger partial charge >= 0.3 is 0 Å². The fraction of sp³-hybridized carbons (Fsp3) is 0.417. The molecule has 0 aromatic carbocycles. The number of aryl methyl sites for hydroxylation is 2. The Balaban J connectivity index is 2.60. The second-order valence-corrected chi connectivity index (χ2v) is 3.95. The Bertz CT molecular complexity index is 503. The van der Waals surface area contributed by atoms with Crippen molar-refractivity contribution in [3.05, 3.63) is 35.3 Å². The Morgan fingerprint density at radius 3 is 2.75 bits per heavy atom. The van der Waals surface area contributed by atoms with Crippen molar-refractivity contribution in [3.63, 3.8) is 0 Å². The molecule has 86 valence electrons. The van der Waals surface area contributed by atoms with Gasteiger partial charge in [-0.3, -0.25) is 0 Å². The lowest BCUT2D eigenvalue weighted by Gasteiger charge is -2.08. The first-order valence-electron chi connectivity index (χ1n) is 5.38. The molecule has 0 spiro atoms. The van der Waals surface area contributed by atoms with Gasteiger partial charge < -0.3 is 4.40 Å². The van der Waals surface area contributed by atoms with E-state index in [0.717, 1.165) is 12.1 Å². The summed E-state index contributed by atoms with van der Waals surface area (Å²) in [6.07, 6.45) is 2.72. The van der Waals surface area contributed by atoms with Crippen LogP contribution in [-0.2, 0) is 6.42 Å². The molecule has 0 saturated carbocycles. The molecule has 0 aliphatic rings. The summed E-state index contributed by atoms with van der Waals surface area (Å²) in [6, 6.07) is 1.49. The molecule has 0 atom stereocenters. The van der Waals surface area contributed by atoms with Crippen LogP contribution in [0.15, 0.2) is 18.5 Å². The smallest absolute Gasteiger partial charge is 0.264 e. The van der Waals surface area contributed by atoms with Crippen molar-refractivity contribution in [1.82, 2.24) is 9.38 Å². The highest BCUT2D eigenvalue weighted by Crippen LogP contribution is 2.25. The molecule has 0 fully saturated rings. The van der Waals surface area contributed by atoms with Crippen molar-refractivity contribution in [2.75, 3.05) is 0 Å². The van der Waals surface area contributed by atoms with Crippen LogP contribution < -0.4 is 0 Å². The Hall–Kier alpha value is -1.45. The van der Waals surface area contributed by atoms with Crippen LogP contribution in [0.4, 0.5) is 8.78 Å². The third kappa shape index (κ3) is 1.92. The molecule has 0 radical (unpaired) electrons. The predicted molar refractivity (Wildman–Crippen MR) is 58.9 cm³/mol. The number of pyridine rings is 1. The number of hydrogen-bond donors (Lipinski definition) is 0. The topological polar surface area (TPSA) is 17.3 Å². The highest BCUT2D eigenvalue weighted by Gasteiger charge is 2.14. The number of nitrogens with zero attached hydrogens (tertiary/aromatic N) is 2. The van der Waals surface area contributed by atoms with Crippen LogP contribution in [0.5, 0.6) is 0 Å². The molecule has 0 unspecified atom stereocenters. The molecular formula is C12H14F2N2. The summed E-state index contributed by atoms with van der Waals surface area (Å²) in [5, 5.41) is 0. The maximum Gasteiger partial charge on any atom is 0.264 e. The van der Waals surface area contributed by atoms with Gasteiger partial charge in [0.2, 0.25) is 0 Å². The van der Waals surface area contributed by atoms with E-state index in [0.29, 0.717) is 17.6 Å². The molecule has 0 aliphatic carbocycles. The van der Waals surface area contributed by atoms with Crippen LogP contribution in [0, 0.1) is 6.92 Å². The number of imidazole rings is 1. The zero-order chi connectivity index (χ0) is 11.7. The molecule has 0 amide bonds. The molecule has 0 bridgehead atoms. The van der Waals surface area contributed by atoms with Gasteiger partial charge in [-0.05, 0) is 25.0 Å². The maximum atomic E-state index is 12.8. The van der Waals surface area contributed by atoms with Crippen molar-refractivity contribution in [2.24, 2.45) is 0 Å². The van der Waals surface area contributed by atoms with Crippen LogP contribution >= 0.6 is 0 Å². The molecule has 2 aromatic heterocycles. The first-order valence-corrected chi connectivity index (χ1v) is 5.38. The van der Waals surface area contributed by atoms with E-state index in [1.54, 1.807) is 6.20 Å². The Labute approximate surface area is 92.9 Å².